The molecule has 9 rings (SSSR count). The van der Waals surface area contributed by atoms with E-state index in [2.05, 4.69) is 247 Å². The zero-order valence-corrected chi connectivity index (χ0v) is 37.9. The van der Waals surface area contributed by atoms with Crippen LogP contribution in [0.4, 0.5) is 22.7 Å². The maximum atomic E-state index is 6.89. The third-order valence-electron chi connectivity index (χ3n) is 12.7. The summed E-state index contributed by atoms with van der Waals surface area (Å²) in [5.41, 5.74) is 15.5. The molecule has 63 heavy (non-hydrogen) atoms. The highest BCUT2D eigenvalue weighted by Gasteiger charge is 2.41. The molecule has 0 saturated heterocycles. The number of hydrogen-bond acceptors (Lipinski definition) is 4. The van der Waals surface area contributed by atoms with Gasteiger partial charge < -0.3 is 14.5 Å². The lowest BCUT2D eigenvalue weighted by molar-refractivity contribution is 0.457. The average Bonchev–Trinajstić information content (AvgIpc) is 3.65. The van der Waals surface area contributed by atoms with Gasteiger partial charge >= 0.3 is 0 Å². The van der Waals surface area contributed by atoms with E-state index in [9.17, 15) is 0 Å². The van der Waals surface area contributed by atoms with Gasteiger partial charge in [0.2, 0.25) is 5.88 Å². The van der Waals surface area contributed by atoms with Gasteiger partial charge in [0.25, 0.3) is 0 Å². The topological polar surface area (TPSA) is 28.6 Å². The highest BCUT2D eigenvalue weighted by molar-refractivity contribution is 5.88. The summed E-state index contributed by atoms with van der Waals surface area (Å²) in [6.45, 7) is 18.7. The van der Waals surface area contributed by atoms with Crippen LogP contribution in [0.3, 0.4) is 0 Å². The first-order chi connectivity index (χ1) is 30.3. The first-order valence-electron chi connectivity index (χ1n) is 22.1. The lowest BCUT2D eigenvalue weighted by Gasteiger charge is -2.39. The van der Waals surface area contributed by atoms with Gasteiger partial charge in [-0.3, -0.25) is 0 Å². The molecule has 7 aromatic carbocycles. The minimum absolute atomic E-state index is 0.0604. The van der Waals surface area contributed by atoms with E-state index in [0.29, 0.717) is 12.5 Å². The number of ether oxygens (including phenoxy) is 1. The maximum Gasteiger partial charge on any atom is 0.219 e. The molecule has 0 fully saturated rings. The lowest BCUT2D eigenvalue weighted by Crippen LogP contribution is -2.32. The van der Waals surface area contributed by atoms with Crippen molar-refractivity contribution in [2.24, 2.45) is 0 Å². The lowest BCUT2D eigenvalue weighted by atomic mass is 9.64. The predicted octanol–water partition coefficient (Wildman–Crippen LogP) is 15.4. The van der Waals surface area contributed by atoms with Gasteiger partial charge in [-0.25, -0.2) is 4.98 Å². The maximum absolute atomic E-state index is 6.89. The standard InChI is InChI=1S/C59H57N3O/c1-41-31-54-55(32-42(41)2)62(40-61(54)51-27-19-12-20-28-51)52-36-48(58(6,7)8)35-50(37-52)59(45-23-15-10-16-24-45,46-25-17-11-18-26-46)49-33-44(43-21-13-9-14-22-43)34-53(38-49)63-56-39-47(29-30-60-56)57(3,4)5/h9-39H,40H2,1-8H3. The summed E-state index contributed by atoms with van der Waals surface area (Å²) in [7, 11) is 0. The van der Waals surface area contributed by atoms with Crippen LogP contribution < -0.4 is 14.5 Å². The van der Waals surface area contributed by atoms with Crippen molar-refractivity contribution in [3.8, 4) is 22.8 Å². The van der Waals surface area contributed by atoms with E-state index in [1.54, 1.807) is 0 Å². The fourth-order valence-corrected chi connectivity index (χ4v) is 9.08. The molecule has 0 amide bonds. The van der Waals surface area contributed by atoms with Crippen LogP contribution in [0.2, 0.25) is 0 Å². The smallest absolute Gasteiger partial charge is 0.219 e. The van der Waals surface area contributed by atoms with E-state index >= 15 is 0 Å². The van der Waals surface area contributed by atoms with Gasteiger partial charge in [-0.05, 0) is 141 Å². The Kier molecular flexibility index (Phi) is 10.8. The second-order valence-electron chi connectivity index (χ2n) is 19.1. The van der Waals surface area contributed by atoms with E-state index in [-0.39, 0.29) is 10.8 Å². The molecule has 4 heteroatoms. The second kappa shape index (κ2) is 16.4. The number of fused-ring (bicyclic) bond motifs is 1. The number of rotatable bonds is 9. The molecule has 4 nitrogen and oxygen atoms in total. The highest BCUT2D eigenvalue weighted by Crippen LogP contribution is 2.51. The van der Waals surface area contributed by atoms with E-state index in [0.717, 1.165) is 39.3 Å². The minimum atomic E-state index is -0.785. The van der Waals surface area contributed by atoms with Crippen LogP contribution in [0.5, 0.6) is 11.6 Å². The SMILES string of the molecule is Cc1cc2c(cc1C)N(c1cc(C(C)(C)C)cc(C(c3ccccc3)(c3ccccc3)c3cc(Oc4cc(C(C)(C)C)ccn4)cc(-c4ccccc4)c3)c1)CN2c1ccccc1. The molecule has 0 spiro atoms. The summed E-state index contributed by atoms with van der Waals surface area (Å²) in [6.07, 6.45) is 1.86. The Bertz CT molecular complexity index is 2840. The van der Waals surface area contributed by atoms with Gasteiger partial charge in [0, 0.05) is 23.6 Å². The number of hydrogen-bond donors (Lipinski definition) is 0. The summed E-state index contributed by atoms with van der Waals surface area (Å²) in [4.78, 5) is 9.70. The summed E-state index contributed by atoms with van der Waals surface area (Å²) in [5.74, 6) is 1.30. The first-order valence-corrected chi connectivity index (χ1v) is 22.1. The van der Waals surface area contributed by atoms with Crippen LogP contribution in [0.15, 0.2) is 188 Å². The van der Waals surface area contributed by atoms with Crippen LogP contribution in [0.25, 0.3) is 11.1 Å². The molecule has 0 aliphatic carbocycles. The molecule has 314 valence electrons. The van der Waals surface area contributed by atoms with Gasteiger partial charge in [-0.15, -0.1) is 0 Å². The fourth-order valence-electron chi connectivity index (χ4n) is 9.08. The van der Waals surface area contributed by atoms with Crippen molar-refractivity contribution in [3.05, 3.63) is 233 Å². The van der Waals surface area contributed by atoms with Crippen LogP contribution >= 0.6 is 0 Å². The van der Waals surface area contributed by atoms with Crippen molar-refractivity contribution in [1.29, 1.82) is 0 Å². The third kappa shape index (κ3) is 8.03. The molecule has 2 heterocycles. The zero-order chi connectivity index (χ0) is 43.9. The van der Waals surface area contributed by atoms with Crippen molar-refractivity contribution < 1.29 is 4.74 Å². The molecule has 0 bridgehead atoms. The van der Waals surface area contributed by atoms with Gasteiger partial charge in [0.1, 0.15) is 12.4 Å². The van der Waals surface area contributed by atoms with Crippen LogP contribution in [0, 0.1) is 13.8 Å². The summed E-state index contributed by atoms with van der Waals surface area (Å²) in [6, 6.07) is 66.4. The van der Waals surface area contributed by atoms with Crippen LogP contribution in [-0.2, 0) is 16.2 Å². The Morgan fingerprint density at radius 1 is 0.429 bits per heavy atom. The minimum Gasteiger partial charge on any atom is -0.439 e. The van der Waals surface area contributed by atoms with Gasteiger partial charge in [-0.1, -0.05) is 157 Å². The zero-order valence-electron chi connectivity index (χ0n) is 37.9. The predicted molar refractivity (Wildman–Crippen MR) is 263 cm³/mol. The molecule has 0 atom stereocenters. The average molecular weight is 824 g/mol. The number of aromatic nitrogens is 1. The molecular weight excluding hydrogens is 767 g/mol. The Hall–Kier alpha value is -6.91. The van der Waals surface area contributed by atoms with Gasteiger partial charge in [0.15, 0.2) is 0 Å². The molecule has 0 saturated carbocycles. The van der Waals surface area contributed by atoms with Gasteiger partial charge in [-0.2, -0.15) is 0 Å². The van der Waals surface area contributed by atoms with Crippen LogP contribution in [-0.4, -0.2) is 11.7 Å². The van der Waals surface area contributed by atoms with E-state index < -0.39 is 5.41 Å². The van der Waals surface area contributed by atoms with Crippen molar-refractivity contribution in [1.82, 2.24) is 4.98 Å². The van der Waals surface area contributed by atoms with Crippen molar-refractivity contribution >= 4 is 22.7 Å². The third-order valence-corrected chi connectivity index (χ3v) is 12.7. The number of anilines is 4. The summed E-state index contributed by atoms with van der Waals surface area (Å²) < 4.78 is 6.89. The van der Waals surface area contributed by atoms with Gasteiger partial charge in [0.05, 0.1) is 16.8 Å². The monoisotopic (exact) mass is 823 g/mol. The summed E-state index contributed by atoms with van der Waals surface area (Å²) >= 11 is 0. The Balaban J connectivity index is 1.34. The molecule has 1 aliphatic rings. The number of aryl methyl sites for hydroxylation is 2. The molecule has 8 aromatic rings. The normalized spacial score (nSPS) is 13.0. The van der Waals surface area contributed by atoms with Crippen molar-refractivity contribution in [2.75, 3.05) is 16.5 Å². The van der Waals surface area contributed by atoms with Crippen molar-refractivity contribution in [3.63, 3.8) is 0 Å². The molecule has 0 unspecified atom stereocenters. The Morgan fingerprint density at radius 3 is 1.51 bits per heavy atom. The number of para-hydroxylation sites is 1. The highest BCUT2D eigenvalue weighted by atomic mass is 16.5. The van der Waals surface area contributed by atoms with E-state index in [1.165, 1.54) is 44.9 Å². The molecule has 0 radical (unpaired) electrons. The van der Waals surface area contributed by atoms with Crippen LogP contribution in [0.1, 0.15) is 86.1 Å². The Labute approximate surface area is 374 Å². The molecule has 0 N–H and O–H groups in total. The Morgan fingerprint density at radius 2 is 0.937 bits per heavy atom. The molecule has 1 aromatic heterocycles. The quantitative estimate of drug-likeness (QED) is 0.136. The summed E-state index contributed by atoms with van der Waals surface area (Å²) in [5, 5.41) is 0. The first kappa shape index (κ1) is 41.4. The second-order valence-corrected chi connectivity index (χ2v) is 19.1. The van der Waals surface area contributed by atoms with Crippen molar-refractivity contribution in [2.45, 2.75) is 71.6 Å². The van der Waals surface area contributed by atoms with E-state index in [4.69, 9.17) is 9.72 Å². The number of nitrogens with zero attached hydrogens (tertiary/aromatic N) is 3. The van der Waals surface area contributed by atoms with E-state index in [1.807, 2.05) is 6.20 Å². The largest absolute Gasteiger partial charge is 0.439 e. The molecule has 1 aliphatic heterocycles. The number of pyridine rings is 1. The molecular formula is C59H57N3O. The fraction of sp³-hybridized carbons (Fsp3) is 0.203. The number of benzene rings is 7.